The van der Waals surface area contributed by atoms with Gasteiger partial charge in [0, 0.05) is 10.8 Å². The van der Waals surface area contributed by atoms with Crippen LogP contribution in [0.1, 0.15) is 0 Å². The van der Waals surface area contributed by atoms with Crippen LogP contribution in [0.4, 0.5) is 5.13 Å². The van der Waals surface area contributed by atoms with E-state index in [1.165, 1.54) is 11.3 Å². The third kappa shape index (κ3) is 1.64. The molecule has 2 N–H and O–H groups in total. The summed E-state index contributed by atoms with van der Waals surface area (Å²) < 4.78 is 11.0. The largest absolute Gasteiger partial charge is 0.493 e. The van der Waals surface area contributed by atoms with Crippen molar-refractivity contribution in [3.05, 3.63) is 29.6 Å². The van der Waals surface area contributed by atoms with E-state index >= 15 is 0 Å². The molecule has 2 aromatic heterocycles. The fourth-order valence-corrected chi connectivity index (χ4v) is 2.28. The highest BCUT2D eigenvalue weighted by atomic mass is 32.1. The first-order valence-corrected chi connectivity index (χ1v) is 5.94. The molecule has 0 fully saturated rings. The first kappa shape index (κ1) is 10.2. The van der Waals surface area contributed by atoms with Crippen LogP contribution in [0.5, 0.6) is 5.75 Å². The number of thiazole rings is 1. The Bertz CT molecular complexity index is 672. The summed E-state index contributed by atoms with van der Waals surface area (Å²) in [5, 5.41) is 3.40. The first-order valence-electron chi connectivity index (χ1n) is 5.06. The van der Waals surface area contributed by atoms with Crippen LogP contribution in [-0.4, -0.2) is 12.1 Å². The van der Waals surface area contributed by atoms with E-state index in [9.17, 15) is 0 Å². The normalized spacial score (nSPS) is 10.9. The van der Waals surface area contributed by atoms with Gasteiger partial charge in [0.15, 0.2) is 22.2 Å². The quantitative estimate of drug-likeness (QED) is 0.754. The molecule has 17 heavy (non-hydrogen) atoms. The van der Waals surface area contributed by atoms with Crippen molar-refractivity contribution < 1.29 is 9.15 Å². The monoisotopic (exact) mass is 246 g/mol. The van der Waals surface area contributed by atoms with Crippen molar-refractivity contribution in [2.24, 2.45) is 0 Å². The van der Waals surface area contributed by atoms with E-state index in [1.807, 2.05) is 29.6 Å². The SMILES string of the molecule is COc1cccc2cc(-c3csc(N)n3)oc12. The van der Waals surface area contributed by atoms with E-state index in [4.69, 9.17) is 14.9 Å². The molecule has 0 aliphatic rings. The lowest BCUT2D eigenvalue weighted by Gasteiger charge is -1.98. The van der Waals surface area contributed by atoms with Crippen LogP contribution in [0.25, 0.3) is 22.4 Å². The van der Waals surface area contributed by atoms with Crippen LogP contribution in [0.15, 0.2) is 34.1 Å². The number of aromatic nitrogens is 1. The van der Waals surface area contributed by atoms with Gasteiger partial charge in [-0.3, -0.25) is 0 Å². The van der Waals surface area contributed by atoms with Crippen molar-refractivity contribution >= 4 is 27.4 Å². The van der Waals surface area contributed by atoms with Crippen LogP contribution < -0.4 is 10.5 Å². The van der Waals surface area contributed by atoms with Crippen molar-refractivity contribution in [1.29, 1.82) is 0 Å². The zero-order valence-electron chi connectivity index (χ0n) is 9.14. The van der Waals surface area contributed by atoms with Gasteiger partial charge < -0.3 is 14.9 Å². The lowest BCUT2D eigenvalue weighted by molar-refractivity contribution is 0.411. The molecule has 4 nitrogen and oxygen atoms in total. The molecule has 0 saturated carbocycles. The number of para-hydroxylation sites is 1. The van der Waals surface area contributed by atoms with Crippen LogP contribution >= 0.6 is 11.3 Å². The van der Waals surface area contributed by atoms with E-state index in [0.717, 1.165) is 22.4 Å². The number of methoxy groups -OCH3 is 1. The fraction of sp³-hybridized carbons (Fsp3) is 0.0833. The number of rotatable bonds is 2. The zero-order valence-corrected chi connectivity index (χ0v) is 9.95. The van der Waals surface area contributed by atoms with Gasteiger partial charge in [-0.25, -0.2) is 4.98 Å². The molecule has 0 bridgehead atoms. The summed E-state index contributed by atoms with van der Waals surface area (Å²) in [4.78, 5) is 4.19. The van der Waals surface area contributed by atoms with Gasteiger partial charge >= 0.3 is 0 Å². The minimum absolute atomic E-state index is 0.535. The summed E-state index contributed by atoms with van der Waals surface area (Å²) >= 11 is 1.39. The maximum atomic E-state index is 5.75. The van der Waals surface area contributed by atoms with Gasteiger partial charge in [-0.05, 0) is 12.1 Å². The fourth-order valence-electron chi connectivity index (χ4n) is 1.72. The number of ether oxygens (including phenoxy) is 1. The predicted octanol–water partition coefficient (Wildman–Crippen LogP) is 3.15. The highest BCUT2D eigenvalue weighted by Gasteiger charge is 2.11. The molecule has 3 aromatic rings. The number of anilines is 1. The number of fused-ring (bicyclic) bond motifs is 1. The van der Waals surface area contributed by atoms with E-state index in [2.05, 4.69) is 4.98 Å². The zero-order chi connectivity index (χ0) is 11.8. The van der Waals surface area contributed by atoms with Gasteiger partial charge in [-0.15, -0.1) is 11.3 Å². The topological polar surface area (TPSA) is 61.3 Å². The molecule has 86 valence electrons. The van der Waals surface area contributed by atoms with Crippen LogP contribution in [-0.2, 0) is 0 Å². The Morgan fingerprint density at radius 3 is 3.00 bits per heavy atom. The molecule has 0 radical (unpaired) electrons. The molecule has 0 amide bonds. The summed E-state index contributed by atoms with van der Waals surface area (Å²) in [6, 6.07) is 7.70. The second kappa shape index (κ2) is 3.78. The van der Waals surface area contributed by atoms with Crippen molar-refractivity contribution in [3.63, 3.8) is 0 Å². The third-order valence-electron chi connectivity index (χ3n) is 2.50. The molecule has 3 rings (SSSR count). The summed E-state index contributed by atoms with van der Waals surface area (Å²) in [5.41, 5.74) is 7.10. The summed E-state index contributed by atoms with van der Waals surface area (Å²) in [5.74, 6) is 1.43. The number of nitrogen functional groups attached to an aromatic ring is 1. The molecule has 0 atom stereocenters. The highest BCUT2D eigenvalue weighted by Crippen LogP contribution is 2.33. The number of benzene rings is 1. The summed E-state index contributed by atoms with van der Waals surface area (Å²) in [6.07, 6.45) is 0. The van der Waals surface area contributed by atoms with Gasteiger partial charge in [0.05, 0.1) is 7.11 Å². The average molecular weight is 246 g/mol. The average Bonchev–Trinajstić information content (AvgIpc) is 2.93. The first-order chi connectivity index (χ1) is 8.28. The number of furan rings is 1. The Kier molecular flexibility index (Phi) is 2.26. The lowest BCUT2D eigenvalue weighted by atomic mass is 10.2. The van der Waals surface area contributed by atoms with Crippen LogP contribution in [0.3, 0.4) is 0 Å². The van der Waals surface area contributed by atoms with Crippen LogP contribution in [0, 0.1) is 0 Å². The van der Waals surface area contributed by atoms with E-state index in [0.29, 0.717) is 10.9 Å². The molecular formula is C12H10N2O2S. The Balaban J connectivity index is 2.19. The molecule has 5 heteroatoms. The van der Waals surface area contributed by atoms with Crippen molar-refractivity contribution in [1.82, 2.24) is 4.98 Å². The molecule has 0 aliphatic heterocycles. The van der Waals surface area contributed by atoms with Crippen molar-refractivity contribution in [2.45, 2.75) is 0 Å². The number of nitrogens with two attached hydrogens (primary N) is 1. The highest BCUT2D eigenvalue weighted by molar-refractivity contribution is 7.13. The third-order valence-corrected chi connectivity index (χ3v) is 3.18. The van der Waals surface area contributed by atoms with Gasteiger partial charge in [-0.2, -0.15) is 0 Å². The number of hydrogen-bond donors (Lipinski definition) is 1. The molecule has 1 aromatic carbocycles. The maximum absolute atomic E-state index is 5.75. The van der Waals surface area contributed by atoms with Crippen molar-refractivity contribution in [3.8, 4) is 17.2 Å². The molecule has 0 aliphatic carbocycles. The lowest BCUT2D eigenvalue weighted by Crippen LogP contribution is -1.81. The number of nitrogens with zero attached hydrogens (tertiary/aromatic N) is 1. The number of hydrogen-bond acceptors (Lipinski definition) is 5. The molecular weight excluding hydrogens is 236 g/mol. The van der Waals surface area contributed by atoms with Gasteiger partial charge in [0.25, 0.3) is 0 Å². The predicted molar refractivity (Wildman–Crippen MR) is 68.3 cm³/mol. The van der Waals surface area contributed by atoms with E-state index in [-0.39, 0.29) is 0 Å². The molecule has 0 unspecified atom stereocenters. The van der Waals surface area contributed by atoms with E-state index < -0.39 is 0 Å². The molecule has 0 spiro atoms. The van der Waals surface area contributed by atoms with Crippen LogP contribution in [0.2, 0.25) is 0 Å². The Morgan fingerprint density at radius 2 is 2.29 bits per heavy atom. The van der Waals surface area contributed by atoms with E-state index in [1.54, 1.807) is 7.11 Å². The second-order valence-electron chi connectivity index (χ2n) is 3.56. The Morgan fingerprint density at radius 1 is 1.41 bits per heavy atom. The Hall–Kier alpha value is -2.01. The van der Waals surface area contributed by atoms with Gasteiger partial charge in [0.1, 0.15) is 5.69 Å². The summed E-state index contributed by atoms with van der Waals surface area (Å²) in [7, 11) is 1.62. The summed E-state index contributed by atoms with van der Waals surface area (Å²) in [6.45, 7) is 0. The minimum atomic E-state index is 0.535. The molecule has 0 saturated heterocycles. The second-order valence-corrected chi connectivity index (χ2v) is 4.45. The molecule has 2 heterocycles. The standard InChI is InChI=1S/C12H10N2O2S/c1-15-9-4-2-3-7-5-10(16-11(7)9)8-6-17-12(13)14-8/h2-6H,1H3,(H2,13,14). The van der Waals surface area contributed by atoms with Gasteiger partial charge in [0.2, 0.25) is 0 Å². The minimum Gasteiger partial charge on any atom is -0.493 e. The van der Waals surface area contributed by atoms with Gasteiger partial charge in [-0.1, -0.05) is 12.1 Å². The van der Waals surface area contributed by atoms with Crippen molar-refractivity contribution in [2.75, 3.05) is 12.8 Å². The Labute approximate surface area is 102 Å². The maximum Gasteiger partial charge on any atom is 0.180 e. The smallest absolute Gasteiger partial charge is 0.180 e.